The lowest BCUT2D eigenvalue weighted by molar-refractivity contribution is 0.0637. The van der Waals surface area contributed by atoms with Crippen molar-refractivity contribution in [2.24, 2.45) is 0 Å². The zero-order chi connectivity index (χ0) is 13.9. The van der Waals surface area contributed by atoms with Crippen LogP contribution in [0, 0.1) is 0 Å². The monoisotopic (exact) mass is 259 g/mol. The highest BCUT2D eigenvalue weighted by Gasteiger charge is 2.18. The van der Waals surface area contributed by atoms with Crippen LogP contribution in [0.5, 0.6) is 0 Å². The van der Waals surface area contributed by atoms with Gasteiger partial charge in [0, 0.05) is 41.1 Å². The van der Waals surface area contributed by atoms with Crippen molar-refractivity contribution in [3.8, 4) is 0 Å². The number of aromatic nitrogens is 1. The van der Waals surface area contributed by atoms with E-state index in [2.05, 4.69) is 17.2 Å². The molecule has 0 fully saturated rings. The molecule has 102 valence electrons. The van der Waals surface area contributed by atoms with Crippen LogP contribution in [0.2, 0.25) is 0 Å². The lowest BCUT2D eigenvalue weighted by Crippen LogP contribution is -2.33. The van der Waals surface area contributed by atoms with E-state index < -0.39 is 5.60 Å². The minimum absolute atomic E-state index is 0.516. The van der Waals surface area contributed by atoms with Gasteiger partial charge in [-0.2, -0.15) is 0 Å². The normalized spacial score (nSPS) is 14.3. The molecule has 2 aromatic rings. The lowest BCUT2D eigenvalue weighted by Gasteiger charge is -2.24. The van der Waals surface area contributed by atoms with E-state index in [1.165, 1.54) is 0 Å². The number of fused-ring (bicyclic) bond motifs is 1. The SMILES string of the molecule is CCCC(C)(O)CNc1ccc(N)c2cnccc12. The molecular weight excluding hydrogens is 238 g/mol. The first-order valence-electron chi connectivity index (χ1n) is 6.62. The predicted molar refractivity (Wildman–Crippen MR) is 80.2 cm³/mol. The van der Waals surface area contributed by atoms with Gasteiger partial charge >= 0.3 is 0 Å². The summed E-state index contributed by atoms with van der Waals surface area (Å²) in [7, 11) is 0. The van der Waals surface area contributed by atoms with Gasteiger partial charge in [-0.1, -0.05) is 13.3 Å². The van der Waals surface area contributed by atoms with E-state index in [1.54, 1.807) is 12.4 Å². The number of pyridine rings is 1. The van der Waals surface area contributed by atoms with Crippen molar-refractivity contribution in [1.82, 2.24) is 4.98 Å². The maximum atomic E-state index is 10.2. The average Bonchev–Trinajstić information content (AvgIpc) is 2.38. The molecule has 1 atom stereocenters. The Kier molecular flexibility index (Phi) is 3.90. The van der Waals surface area contributed by atoms with Crippen LogP contribution in [0.15, 0.2) is 30.6 Å². The van der Waals surface area contributed by atoms with Crippen molar-refractivity contribution in [1.29, 1.82) is 0 Å². The third kappa shape index (κ3) is 3.15. The van der Waals surface area contributed by atoms with Gasteiger partial charge in [0.05, 0.1) is 5.60 Å². The van der Waals surface area contributed by atoms with E-state index in [0.717, 1.165) is 29.3 Å². The molecule has 0 spiro atoms. The molecule has 1 heterocycles. The van der Waals surface area contributed by atoms with Crippen molar-refractivity contribution >= 4 is 22.1 Å². The summed E-state index contributed by atoms with van der Waals surface area (Å²) in [6, 6.07) is 5.74. The van der Waals surface area contributed by atoms with Gasteiger partial charge in [-0.05, 0) is 31.5 Å². The highest BCUT2D eigenvalue weighted by atomic mass is 16.3. The highest BCUT2D eigenvalue weighted by molar-refractivity contribution is 6.00. The molecule has 4 heteroatoms. The summed E-state index contributed by atoms with van der Waals surface area (Å²) in [5.41, 5.74) is 6.93. The van der Waals surface area contributed by atoms with Gasteiger partial charge in [0.25, 0.3) is 0 Å². The largest absolute Gasteiger partial charge is 0.398 e. The fourth-order valence-electron chi connectivity index (χ4n) is 2.28. The number of benzene rings is 1. The second-order valence-corrected chi connectivity index (χ2v) is 5.22. The summed E-state index contributed by atoms with van der Waals surface area (Å²) in [6.45, 7) is 4.44. The van der Waals surface area contributed by atoms with E-state index in [1.807, 2.05) is 25.1 Å². The minimum atomic E-state index is -0.699. The highest BCUT2D eigenvalue weighted by Crippen LogP contribution is 2.28. The molecule has 19 heavy (non-hydrogen) atoms. The molecule has 1 aromatic heterocycles. The first-order chi connectivity index (χ1) is 9.03. The zero-order valence-electron chi connectivity index (χ0n) is 11.5. The second kappa shape index (κ2) is 5.45. The summed E-state index contributed by atoms with van der Waals surface area (Å²) >= 11 is 0. The molecule has 4 nitrogen and oxygen atoms in total. The Hall–Kier alpha value is -1.81. The third-order valence-electron chi connectivity index (χ3n) is 3.30. The van der Waals surface area contributed by atoms with Crippen LogP contribution in [0.4, 0.5) is 11.4 Å². The molecule has 0 saturated heterocycles. The van der Waals surface area contributed by atoms with E-state index in [0.29, 0.717) is 12.2 Å². The van der Waals surface area contributed by atoms with Gasteiger partial charge < -0.3 is 16.2 Å². The van der Waals surface area contributed by atoms with Gasteiger partial charge in [0.15, 0.2) is 0 Å². The molecule has 0 bridgehead atoms. The maximum absolute atomic E-state index is 10.2. The van der Waals surface area contributed by atoms with Crippen LogP contribution in [-0.2, 0) is 0 Å². The average molecular weight is 259 g/mol. The topological polar surface area (TPSA) is 71.2 Å². The van der Waals surface area contributed by atoms with Crippen LogP contribution >= 0.6 is 0 Å². The van der Waals surface area contributed by atoms with Gasteiger partial charge in [0.1, 0.15) is 0 Å². The molecule has 0 radical (unpaired) electrons. The van der Waals surface area contributed by atoms with E-state index in [-0.39, 0.29) is 0 Å². The van der Waals surface area contributed by atoms with Crippen LogP contribution in [-0.4, -0.2) is 22.2 Å². The van der Waals surface area contributed by atoms with Crippen LogP contribution in [0.25, 0.3) is 10.8 Å². The van der Waals surface area contributed by atoms with Crippen LogP contribution in [0.3, 0.4) is 0 Å². The number of hydrogen-bond donors (Lipinski definition) is 3. The summed E-state index contributed by atoms with van der Waals surface area (Å²) < 4.78 is 0. The molecular formula is C15H21N3O. The predicted octanol–water partition coefficient (Wildman–Crippen LogP) is 2.78. The Morgan fingerprint density at radius 3 is 2.84 bits per heavy atom. The Balaban J connectivity index is 2.24. The standard InChI is InChI=1S/C15H21N3O/c1-3-7-15(2,19)10-18-14-5-4-13(16)12-9-17-8-6-11(12)14/h4-6,8-9,18-19H,3,7,10,16H2,1-2H3. The lowest BCUT2D eigenvalue weighted by atomic mass is 10.0. The molecule has 1 aromatic carbocycles. The van der Waals surface area contributed by atoms with Gasteiger partial charge in [-0.3, -0.25) is 4.98 Å². The third-order valence-corrected chi connectivity index (χ3v) is 3.30. The molecule has 0 saturated carbocycles. The van der Waals surface area contributed by atoms with Gasteiger partial charge in [-0.15, -0.1) is 0 Å². The summed E-state index contributed by atoms with van der Waals surface area (Å²) in [5.74, 6) is 0. The van der Waals surface area contributed by atoms with E-state index in [9.17, 15) is 5.11 Å². The Bertz CT molecular complexity index is 566. The van der Waals surface area contributed by atoms with Crippen molar-refractivity contribution in [2.45, 2.75) is 32.3 Å². The number of nitrogens with one attached hydrogen (secondary N) is 1. The Labute approximate surface area is 113 Å². The van der Waals surface area contributed by atoms with Crippen LogP contribution < -0.4 is 11.1 Å². The number of hydrogen-bond acceptors (Lipinski definition) is 4. The van der Waals surface area contributed by atoms with Crippen molar-refractivity contribution < 1.29 is 5.11 Å². The molecule has 0 aliphatic carbocycles. The fourth-order valence-corrected chi connectivity index (χ4v) is 2.28. The van der Waals surface area contributed by atoms with Gasteiger partial charge in [0.2, 0.25) is 0 Å². The zero-order valence-corrected chi connectivity index (χ0v) is 11.5. The number of rotatable bonds is 5. The summed E-state index contributed by atoms with van der Waals surface area (Å²) in [5, 5.41) is 15.5. The number of anilines is 2. The van der Waals surface area contributed by atoms with Crippen molar-refractivity contribution in [3.63, 3.8) is 0 Å². The van der Waals surface area contributed by atoms with Crippen molar-refractivity contribution in [3.05, 3.63) is 30.6 Å². The molecule has 4 N–H and O–H groups in total. The van der Waals surface area contributed by atoms with E-state index in [4.69, 9.17) is 5.73 Å². The number of aliphatic hydroxyl groups is 1. The number of nitrogen functional groups attached to an aromatic ring is 1. The van der Waals surface area contributed by atoms with Gasteiger partial charge in [-0.25, -0.2) is 0 Å². The smallest absolute Gasteiger partial charge is 0.0791 e. The molecule has 1 unspecified atom stereocenters. The first-order valence-corrected chi connectivity index (χ1v) is 6.62. The number of nitrogens with two attached hydrogens (primary N) is 1. The number of nitrogens with zero attached hydrogens (tertiary/aromatic N) is 1. The maximum Gasteiger partial charge on any atom is 0.0791 e. The molecule has 2 rings (SSSR count). The summed E-state index contributed by atoms with van der Waals surface area (Å²) in [6.07, 6.45) is 5.24. The Morgan fingerprint density at radius 2 is 2.11 bits per heavy atom. The fraction of sp³-hybridized carbons (Fsp3) is 0.400. The second-order valence-electron chi connectivity index (χ2n) is 5.22. The minimum Gasteiger partial charge on any atom is -0.398 e. The Morgan fingerprint density at radius 1 is 1.32 bits per heavy atom. The van der Waals surface area contributed by atoms with Crippen molar-refractivity contribution in [2.75, 3.05) is 17.6 Å². The molecule has 0 amide bonds. The molecule has 0 aliphatic heterocycles. The quantitative estimate of drug-likeness (QED) is 0.722. The van der Waals surface area contributed by atoms with Crippen LogP contribution in [0.1, 0.15) is 26.7 Å². The van der Waals surface area contributed by atoms with E-state index >= 15 is 0 Å². The first kappa shape index (κ1) is 13.6. The summed E-state index contributed by atoms with van der Waals surface area (Å²) in [4.78, 5) is 4.10. The molecule has 0 aliphatic rings.